The number of carbonyl (C=O) groups is 1. The lowest BCUT2D eigenvalue weighted by molar-refractivity contribution is -0.0355. The highest BCUT2D eigenvalue weighted by atomic mass is 19.1. The number of amides is 2. The van der Waals surface area contributed by atoms with Crippen molar-refractivity contribution in [1.82, 2.24) is 14.8 Å². The van der Waals surface area contributed by atoms with Gasteiger partial charge < -0.3 is 19.7 Å². The van der Waals surface area contributed by atoms with Crippen molar-refractivity contribution in [1.29, 1.82) is 0 Å². The Labute approximate surface area is 156 Å². The van der Waals surface area contributed by atoms with Crippen LogP contribution < -0.4 is 10.1 Å². The van der Waals surface area contributed by atoms with E-state index in [1.54, 1.807) is 17.0 Å². The number of pyridine rings is 1. The number of fused-ring (bicyclic) bond motifs is 1. The molecule has 1 aromatic carbocycles. The monoisotopic (exact) mass is 372 g/mol. The lowest BCUT2D eigenvalue weighted by atomic mass is 10.1. The summed E-state index contributed by atoms with van der Waals surface area (Å²) in [4.78, 5) is 20.9. The van der Waals surface area contributed by atoms with E-state index >= 15 is 0 Å². The van der Waals surface area contributed by atoms with Gasteiger partial charge in [-0.3, -0.25) is 4.90 Å². The molecule has 0 spiro atoms. The Hall–Kier alpha value is -2.71. The fraction of sp³-hybridized carbons (Fsp3) is 0.368. The number of rotatable bonds is 3. The normalized spacial score (nSPS) is 20.0. The number of nitrogens with one attached hydrogen (secondary N) is 1. The van der Waals surface area contributed by atoms with Crippen LogP contribution in [0, 0.1) is 5.82 Å². The number of carbonyl (C=O) groups excluding carboxylic acids is 1. The first-order valence-electron chi connectivity index (χ1n) is 8.94. The number of nitrogens with zero attached hydrogens (tertiary/aromatic N) is 3. The Morgan fingerprint density at radius 3 is 2.81 bits per heavy atom. The first-order valence-corrected chi connectivity index (χ1v) is 8.94. The maximum Gasteiger partial charge on any atom is 0.321 e. The number of aromatic nitrogens is 1. The predicted molar refractivity (Wildman–Crippen MR) is 97.5 cm³/mol. The molecule has 142 valence electrons. The smallest absolute Gasteiger partial charge is 0.321 e. The molecule has 2 aliphatic rings. The van der Waals surface area contributed by atoms with Crippen molar-refractivity contribution in [3.05, 3.63) is 48.4 Å². The highest BCUT2D eigenvalue weighted by Gasteiger charge is 2.31. The van der Waals surface area contributed by atoms with Crippen molar-refractivity contribution in [2.75, 3.05) is 44.7 Å². The van der Waals surface area contributed by atoms with Crippen LogP contribution in [-0.2, 0) is 4.74 Å². The van der Waals surface area contributed by atoms with Gasteiger partial charge in [-0.1, -0.05) is 0 Å². The summed E-state index contributed by atoms with van der Waals surface area (Å²) in [6.07, 6.45) is 1.54. The molecule has 1 atom stereocenters. The molecule has 0 saturated carbocycles. The molecular formula is C19H21FN4O3. The zero-order chi connectivity index (χ0) is 18.6. The van der Waals surface area contributed by atoms with Gasteiger partial charge in [0.15, 0.2) is 0 Å². The van der Waals surface area contributed by atoms with Crippen LogP contribution in [0.1, 0.15) is 0 Å². The van der Waals surface area contributed by atoms with Gasteiger partial charge in [-0.25, -0.2) is 14.2 Å². The van der Waals surface area contributed by atoms with Gasteiger partial charge >= 0.3 is 6.03 Å². The van der Waals surface area contributed by atoms with Gasteiger partial charge in [0.25, 0.3) is 0 Å². The fourth-order valence-corrected chi connectivity index (χ4v) is 3.27. The van der Waals surface area contributed by atoms with E-state index in [2.05, 4.69) is 15.2 Å². The van der Waals surface area contributed by atoms with Crippen LogP contribution in [0.25, 0.3) is 0 Å². The molecule has 2 aromatic rings. The summed E-state index contributed by atoms with van der Waals surface area (Å²) in [7, 11) is 0. The first kappa shape index (κ1) is 17.7. The fourth-order valence-electron chi connectivity index (χ4n) is 3.27. The number of urea groups is 1. The molecule has 2 aliphatic heterocycles. The molecule has 8 heteroatoms. The van der Waals surface area contributed by atoms with Crippen LogP contribution in [0.2, 0.25) is 0 Å². The number of hydrogen-bond acceptors (Lipinski definition) is 5. The second-order valence-corrected chi connectivity index (χ2v) is 6.58. The van der Waals surface area contributed by atoms with Gasteiger partial charge in [0.2, 0.25) is 5.88 Å². The lowest BCUT2D eigenvalue weighted by Gasteiger charge is -2.43. The Morgan fingerprint density at radius 2 is 2.04 bits per heavy atom. The third kappa shape index (κ3) is 4.35. The first-order chi connectivity index (χ1) is 13.2. The molecule has 2 amide bonds. The number of hydrogen-bond donors (Lipinski definition) is 1. The zero-order valence-electron chi connectivity index (χ0n) is 14.8. The zero-order valence-corrected chi connectivity index (χ0v) is 14.8. The van der Waals surface area contributed by atoms with Crippen molar-refractivity contribution < 1.29 is 18.7 Å². The average molecular weight is 372 g/mol. The third-order valence-corrected chi connectivity index (χ3v) is 4.75. The quantitative estimate of drug-likeness (QED) is 0.897. The molecule has 0 bridgehead atoms. The maximum absolute atomic E-state index is 12.9. The summed E-state index contributed by atoms with van der Waals surface area (Å²) >= 11 is 0. The largest absolute Gasteiger partial charge is 0.439 e. The minimum Gasteiger partial charge on any atom is -0.439 e. The lowest BCUT2D eigenvalue weighted by Crippen LogP contribution is -2.59. The molecule has 3 heterocycles. The van der Waals surface area contributed by atoms with Crippen LogP contribution >= 0.6 is 0 Å². The minimum atomic E-state index is -0.325. The van der Waals surface area contributed by atoms with Crippen LogP contribution in [0.15, 0.2) is 42.6 Å². The summed E-state index contributed by atoms with van der Waals surface area (Å²) < 4.78 is 24.0. The van der Waals surface area contributed by atoms with Gasteiger partial charge in [-0.15, -0.1) is 0 Å². The second kappa shape index (κ2) is 7.89. The topological polar surface area (TPSA) is 66.9 Å². The van der Waals surface area contributed by atoms with Crippen LogP contribution in [0.3, 0.4) is 0 Å². The molecule has 1 aromatic heterocycles. The molecule has 2 saturated heterocycles. The number of anilines is 1. The molecule has 27 heavy (non-hydrogen) atoms. The third-order valence-electron chi connectivity index (χ3n) is 4.75. The summed E-state index contributed by atoms with van der Waals surface area (Å²) in [6.45, 7) is 4.58. The van der Waals surface area contributed by atoms with Gasteiger partial charge in [0, 0.05) is 32.2 Å². The summed E-state index contributed by atoms with van der Waals surface area (Å²) in [5.41, 5.74) is 0.591. The molecule has 7 nitrogen and oxygen atoms in total. The van der Waals surface area contributed by atoms with Gasteiger partial charge in [-0.2, -0.15) is 0 Å². The van der Waals surface area contributed by atoms with Crippen LogP contribution in [-0.4, -0.2) is 66.2 Å². The standard InChI is InChI=1S/C19H21FN4O3/c20-14-1-4-17(5-2-14)27-18-6-3-15(11-21-18)22-19(25)24-8-7-23-9-10-26-13-16(23)12-24/h1-6,11,16H,7-10,12-13H2,(H,22,25). The molecule has 0 radical (unpaired) electrons. The van der Waals surface area contributed by atoms with E-state index in [0.29, 0.717) is 37.0 Å². The van der Waals surface area contributed by atoms with E-state index in [1.807, 2.05) is 0 Å². The Kier molecular flexibility index (Phi) is 5.17. The summed E-state index contributed by atoms with van der Waals surface area (Å²) in [5.74, 6) is 0.537. The van der Waals surface area contributed by atoms with E-state index in [0.717, 1.165) is 19.7 Å². The van der Waals surface area contributed by atoms with Crippen molar-refractivity contribution in [3.8, 4) is 11.6 Å². The Bertz CT molecular complexity index is 785. The number of ether oxygens (including phenoxy) is 2. The number of benzene rings is 1. The van der Waals surface area contributed by atoms with E-state index in [9.17, 15) is 9.18 Å². The SMILES string of the molecule is O=C(Nc1ccc(Oc2ccc(F)cc2)nc1)N1CCN2CCOCC2C1. The van der Waals surface area contributed by atoms with Crippen molar-refractivity contribution in [3.63, 3.8) is 0 Å². The number of piperazine rings is 1. The van der Waals surface area contributed by atoms with E-state index in [1.165, 1.54) is 30.5 Å². The van der Waals surface area contributed by atoms with Gasteiger partial charge in [0.1, 0.15) is 11.6 Å². The molecular weight excluding hydrogens is 351 g/mol. The minimum absolute atomic E-state index is 0.144. The predicted octanol–water partition coefficient (Wildman–Crippen LogP) is 2.56. The molecule has 2 fully saturated rings. The maximum atomic E-state index is 12.9. The van der Waals surface area contributed by atoms with E-state index in [4.69, 9.17) is 9.47 Å². The van der Waals surface area contributed by atoms with Gasteiger partial charge in [-0.05, 0) is 30.3 Å². The van der Waals surface area contributed by atoms with Crippen molar-refractivity contribution in [2.45, 2.75) is 6.04 Å². The average Bonchev–Trinajstić information content (AvgIpc) is 2.71. The molecule has 1 unspecified atom stereocenters. The molecule has 4 rings (SSSR count). The van der Waals surface area contributed by atoms with Crippen LogP contribution in [0.5, 0.6) is 11.6 Å². The van der Waals surface area contributed by atoms with Crippen molar-refractivity contribution >= 4 is 11.7 Å². The van der Waals surface area contributed by atoms with Crippen molar-refractivity contribution in [2.24, 2.45) is 0 Å². The molecule has 1 N–H and O–H groups in total. The Morgan fingerprint density at radius 1 is 1.19 bits per heavy atom. The highest BCUT2D eigenvalue weighted by Crippen LogP contribution is 2.21. The number of halogens is 1. The van der Waals surface area contributed by atoms with E-state index in [-0.39, 0.29) is 17.9 Å². The molecule has 0 aliphatic carbocycles. The van der Waals surface area contributed by atoms with Crippen LogP contribution in [0.4, 0.5) is 14.9 Å². The summed E-state index contributed by atoms with van der Waals surface area (Å²) in [5, 5.41) is 2.87. The highest BCUT2D eigenvalue weighted by molar-refractivity contribution is 5.89. The summed E-state index contributed by atoms with van der Waals surface area (Å²) in [6, 6.07) is 9.21. The van der Waals surface area contributed by atoms with Gasteiger partial charge in [0.05, 0.1) is 31.1 Å². The number of morpholine rings is 1. The second-order valence-electron chi connectivity index (χ2n) is 6.58. The Balaban J connectivity index is 1.32. The van der Waals surface area contributed by atoms with E-state index < -0.39 is 0 Å².